The van der Waals surface area contributed by atoms with E-state index >= 15 is 0 Å². The molecule has 0 atom stereocenters. The molecular weight excluding hydrogens is 354 g/mol. The second-order valence-electron chi connectivity index (χ2n) is 6.47. The third-order valence-corrected chi connectivity index (χ3v) is 2.49. The molecule has 2 rings (SSSR count). The second-order valence-corrected chi connectivity index (χ2v) is 6.47. The maximum absolute atomic E-state index is 6.94. The molecule has 136 valence electrons. The summed E-state index contributed by atoms with van der Waals surface area (Å²) in [6.07, 6.45) is 0. The molecule has 0 saturated carbocycles. The van der Waals surface area contributed by atoms with Crippen molar-refractivity contribution in [3.8, 4) is 0 Å². The van der Waals surface area contributed by atoms with Gasteiger partial charge < -0.3 is 20.6 Å². The SMILES string of the molecule is C=C(C)C(=C)C.CC(C)(C)[NH-].Cc1cc2ccccc2[cH-]1.[CH3-].[CH3-].[Si].[Ti+4]. The molecule has 2 aromatic rings. The fourth-order valence-corrected chi connectivity index (χ4v) is 1.31. The first-order chi connectivity index (χ1) is 9.50. The number of benzene rings is 1. The van der Waals surface area contributed by atoms with E-state index in [-0.39, 0.29) is 53.1 Å². The molecule has 0 aliphatic heterocycles. The number of aryl methyl sites for hydroxylation is 1. The van der Waals surface area contributed by atoms with E-state index in [0.717, 1.165) is 11.1 Å². The van der Waals surface area contributed by atoms with Gasteiger partial charge in [0.2, 0.25) is 0 Å². The van der Waals surface area contributed by atoms with Crippen LogP contribution in [0.1, 0.15) is 40.2 Å². The Kier molecular flexibility index (Phi) is 23.5. The van der Waals surface area contributed by atoms with Crippen molar-refractivity contribution >= 4 is 21.7 Å². The van der Waals surface area contributed by atoms with Crippen molar-refractivity contribution in [2.75, 3.05) is 0 Å². The summed E-state index contributed by atoms with van der Waals surface area (Å²) in [6.45, 7) is 18.9. The quantitative estimate of drug-likeness (QED) is 0.276. The van der Waals surface area contributed by atoms with Gasteiger partial charge in [-0.05, 0) is 13.8 Å². The molecule has 3 heteroatoms. The predicted molar refractivity (Wildman–Crippen MR) is 117 cm³/mol. The summed E-state index contributed by atoms with van der Waals surface area (Å²) in [7, 11) is 0. The van der Waals surface area contributed by atoms with Crippen molar-refractivity contribution in [2.45, 2.75) is 47.1 Å². The normalized spacial score (nSPS) is 8.44. The number of rotatable bonds is 1. The maximum atomic E-state index is 6.94. The van der Waals surface area contributed by atoms with Crippen LogP contribution in [-0.4, -0.2) is 16.5 Å². The summed E-state index contributed by atoms with van der Waals surface area (Å²) in [5, 5.41) is 2.69. The van der Waals surface area contributed by atoms with Gasteiger partial charge in [0.25, 0.3) is 0 Å². The van der Waals surface area contributed by atoms with Gasteiger partial charge in [-0.25, -0.2) is 0 Å². The molecule has 0 amide bonds. The van der Waals surface area contributed by atoms with E-state index in [9.17, 15) is 0 Å². The van der Waals surface area contributed by atoms with Crippen LogP contribution < -0.4 is 0 Å². The van der Waals surface area contributed by atoms with E-state index in [1.807, 2.05) is 34.6 Å². The number of nitrogens with one attached hydrogen (secondary N) is 1. The Morgan fingerprint density at radius 3 is 1.68 bits per heavy atom. The molecule has 2 aromatic carbocycles. The van der Waals surface area contributed by atoms with Crippen LogP contribution in [0.25, 0.3) is 16.5 Å². The molecule has 0 saturated heterocycles. The van der Waals surface area contributed by atoms with E-state index in [4.69, 9.17) is 5.73 Å². The Bertz CT molecular complexity index is 540. The molecule has 0 aromatic heterocycles. The molecular formula is C22H35NSiTi. The predicted octanol–water partition coefficient (Wildman–Crippen LogP) is 7.36. The van der Waals surface area contributed by atoms with Crippen LogP contribution in [0, 0.1) is 21.8 Å². The van der Waals surface area contributed by atoms with Crippen molar-refractivity contribution in [3.63, 3.8) is 0 Å². The minimum atomic E-state index is -0.250. The Hall–Kier alpha value is -0.799. The van der Waals surface area contributed by atoms with Gasteiger partial charge in [-0.15, -0.1) is 46.1 Å². The zero-order chi connectivity index (χ0) is 16.6. The van der Waals surface area contributed by atoms with Gasteiger partial charge in [0.15, 0.2) is 0 Å². The standard InChI is InChI=1S/C10H9.C6H10.C4H10N.2CH3.Si.Ti/c1-8-6-9-4-2-3-5-10(9)7-8;1-5(2)6(3)4;1-4(2,3)5;;;;/h2-7H,1H3;1,3H2,2,4H3;5H,1-3H3;2*1H3;;/q-1;;3*-1;;+4. The average molecular weight is 389 g/mol. The van der Waals surface area contributed by atoms with E-state index in [0.29, 0.717) is 0 Å². The van der Waals surface area contributed by atoms with Gasteiger partial charge in [0, 0.05) is 11.0 Å². The summed E-state index contributed by atoms with van der Waals surface area (Å²) >= 11 is 0. The topological polar surface area (TPSA) is 23.8 Å². The van der Waals surface area contributed by atoms with Crippen molar-refractivity contribution in [3.05, 3.63) is 86.9 Å². The third kappa shape index (κ3) is 21.2. The van der Waals surface area contributed by atoms with Gasteiger partial charge in [0.1, 0.15) is 0 Å². The number of fused-ring (bicyclic) bond motifs is 1. The third-order valence-electron chi connectivity index (χ3n) is 2.49. The fraction of sp³-hybridized carbons (Fsp3) is 0.318. The fourth-order valence-electron chi connectivity index (χ4n) is 1.31. The van der Waals surface area contributed by atoms with Crippen LogP contribution in [0.2, 0.25) is 0 Å². The molecule has 0 fully saturated rings. The molecule has 0 spiro atoms. The Labute approximate surface area is 177 Å². The van der Waals surface area contributed by atoms with Crippen LogP contribution in [0.5, 0.6) is 0 Å². The summed E-state index contributed by atoms with van der Waals surface area (Å²) in [4.78, 5) is 0. The molecule has 0 heterocycles. The summed E-state index contributed by atoms with van der Waals surface area (Å²) in [5.74, 6) is 0. The van der Waals surface area contributed by atoms with Crippen molar-refractivity contribution in [2.24, 2.45) is 0 Å². The first-order valence-corrected chi connectivity index (χ1v) is 7.19. The number of hydrogen-bond acceptors (Lipinski definition) is 0. The second kappa shape index (κ2) is 16.7. The molecule has 0 aliphatic carbocycles. The first-order valence-electron chi connectivity index (χ1n) is 7.19. The van der Waals surface area contributed by atoms with Gasteiger partial charge in [-0.1, -0.05) is 58.1 Å². The van der Waals surface area contributed by atoms with Crippen molar-refractivity contribution in [1.29, 1.82) is 0 Å². The molecule has 0 aliphatic rings. The van der Waals surface area contributed by atoms with Gasteiger partial charge in [0.05, 0.1) is 0 Å². The maximum Gasteiger partial charge on any atom is 4.00 e. The van der Waals surface area contributed by atoms with Crippen LogP contribution >= 0.6 is 0 Å². The largest absolute Gasteiger partial charge is 4.00 e. The average Bonchev–Trinajstić information content (AvgIpc) is 2.67. The zero-order valence-corrected chi connectivity index (χ0v) is 19.9. The molecule has 25 heavy (non-hydrogen) atoms. The van der Waals surface area contributed by atoms with Crippen molar-refractivity contribution in [1.82, 2.24) is 0 Å². The Morgan fingerprint density at radius 2 is 1.36 bits per heavy atom. The molecule has 0 bridgehead atoms. The van der Waals surface area contributed by atoms with Crippen LogP contribution in [0.4, 0.5) is 0 Å². The van der Waals surface area contributed by atoms with E-state index in [2.05, 4.69) is 56.5 Å². The van der Waals surface area contributed by atoms with Crippen LogP contribution in [0.3, 0.4) is 0 Å². The molecule has 1 N–H and O–H groups in total. The number of hydrogen-bond donors (Lipinski definition) is 0. The Morgan fingerprint density at radius 1 is 1.00 bits per heavy atom. The van der Waals surface area contributed by atoms with Gasteiger partial charge >= 0.3 is 21.7 Å². The minimum absolute atomic E-state index is 0. The van der Waals surface area contributed by atoms with Gasteiger partial charge in [-0.3, -0.25) is 0 Å². The minimum Gasteiger partial charge on any atom is -0.673 e. The number of allylic oxidation sites excluding steroid dienone is 2. The van der Waals surface area contributed by atoms with Crippen molar-refractivity contribution < 1.29 is 21.7 Å². The monoisotopic (exact) mass is 389 g/mol. The molecule has 4 radical (unpaired) electrons. The van der Waals surface area contributed by atoms with E-state index < -0.39 is 0 Å². The summed E-state index contributed by atoms with van der Waals surface area (Å²) in [6, 6.07) is 12.8. The first kappa shape index (κ1) is 35.3. The van der Waals surface area contributed by atoms with Crippen LogP contribution in [-0.2, 0) is 21.7 Å². The summed E-state index contributed by atoms with van der Waals surface area (Å²) in [5.41, 5.74) is 10.2. The van der Waals surface area contributed by atoms with E-state index in [1.165, 1.54) is 16.3 Å². The zero-order valence-electron chi connectivity index (χ0n) is 17.4. The van der Waals surface area contributed by atoms with Crippen LogP contribution in [0.15, 0.2) is 60.7 Å². The molecule has 1 nitrogen and oxygen atoms in total. The van der Waals surface area contributed by atoms with Gasteiger partial charge in [-0.2, -0.15) is 6.07 Å². The smallest absolute Gasteiger partial charge is 0.673 e. The molecule has 0 unspecified atom stereocenters. The Balaban J connectivity index is -0.0000000798. The summed E-state index contributed by atoms with van der Waals surface area (Å²) < 4.78 is 0. The van der Waals surface area contributed by atoms with E-state index in [1.54, 1.807) is 0 Å².